The standard InChI is InChI=1S/C17H17N5O2/c1-3-18-17(23)22-15-9-8-12-16(21-15)20-13(10-19-12)11-6-4-5-7-14(11)24-2/h4-10H,3H2,1-2H3,(H2,18,20,21,22,23). The molecule has 0 saturated carbocycles. The van der Waals surface area contributed by atoms with Crippen LogP contribution in [-0.2, 0) is 0 Å². The molecule has 0 unspecified atom stereocenters. The number of nitrogens with zero attached hydrogens (tertiary/aromatic N) is 3. The molecule has 3 aromatic rings. The lowest BCUT2D eigenvalue weighted by Gasteiger charge is -2.09. The van der Waals surface area contributed by atoms with Crippen LogP contribution < -0.4 is 15.4 Å². The van der Waals surface area contributed by atoms with Crippen molar-refractivity contribution >= 4 is 23.0 Å². The van der Waals surface area contributed by atoms with Crippen LogP contribution in [0.15, 0.2) is 42.6 Å². The van der Waals surface area contributed by atoms with Gasteiger partial charge in [-0.1, -0.05) is 12.1 Å². The second-order valence-electron chi connectivity index (χ2n) is 4.98. The topological polar surface area (TPSA) is 89.0 Å². The van der Waals surface area contributed by atoms with Crippen molar-refractivity contribution in [3.05, 3.63) is 42.6 Å². The molecule has 2 amide bonds. The highest BCUT2D eigenvalue weighted by molar-refractivity contribution is 5.89. The monoisotopic (exact) mass is 323 g/mol. The number of carbonyl (C=O) groups excluding carboxylic acids is 1. The third-order valence-electron chi connectivity index (χ3n) is 3.37. The van der Waals surface area contributed by atoms with E-state index >= 15 is 0 Å². The lowest BCUT2D eigenvalue weighted by atomic mass is 10.1. The highest BCUT2D eigenvalue weighted by Crippen LogP contribution is 2.28. The van der Waals surface area contributed by atoms with Crippen LogP contribution in [0.1, 0.15) is 6.92 Å². The van der Waals surface area contributed by atoms with Gasteiger partial charge in [0.25, 0.3) is 0 Å². The smallest absolute Gasteiger partial charge is 0.320 e. The van der Waals surface area contributed by atoms with Crippen LogP contribution in [0, 0.1) is 0 Å². The van der Waals surface area contributed by atoms with E-state index in [1.165, 1.54) is 0 Å². The number of pyridine rings is 1. The van der Waals surface area contributed by atoms with Crippen molar-refractivity contribution in [3.8, 4) is 17.0 Å². The van der Waals surface area contributed by atoms with Gasteiger partial charge in [-0.25, -0.2) is 14.8 Å². The van der Waals surface area contributed by atoms with Crippen molar-refractivity contribution in [2.24, 2.45) is 0 Å². The van der Waals surface area contributed by atoms with E-state index in [9.17, 15) is 4.79 Å². The molecule has 1 aromatic carbocycles. The number of fused-ring (bicyclic) bond motifs is 1. The molecule has 24 heavy (non-hydrogen) atoms. The number of aromatic nitrogens is 3. The Balaban J connectivity index is 1.98. The van der Waals surface area contributed by atoms with Crippen molar-refractivity contribution in [1.29, 1.82) is 0 Å². The first-order valence-electron chi connectivity index (χ1n) is 7.53. The number of para-hydroxylation sites is 1. The first-order chi connectivity index (χ1) is 11.7. The fourth-order valence-electron chi connectivity index (χ4n) is 2.27. The van der Waals surface area contributed by atoms with Crippen molar-refractivity contribution in [2.75, 3.05) is 19.0 Å². The Morgan fingerprint density at radius 3 is 2.79 bits per heavy atom. The van der Waals surface area contributed by atoms with Crippen LogP contribution in [0.5, 0.6) is 5.75 Å². The molecule has 122 valence electrons. The summed E-state index contributed by atoms with van der Waals surface area (Å²) in [5, 5.41) is 5.31. The van der Waals surface area contributed by atoms with Crippen molar-refractivity contribution < 1.29 is 9.53 Å². The molecule has 2 N–H and O–H groups in total. The van der Waals surface area contributed by atoms with Gasteiger partial charge >= 0.3 is 6.03 Å². The number of nitrogens with one attached hydrogen (secondary N) is 2. The second-order valence-corrected chi connectivity index (χ2v) is 4.98. The summed E-state index contributed by atoms with van der Waals surface area (Å²) in [6, 6.07) is 10.7. The van der Waals surface area contributed by atoms with Gasteiger partial charge in [-0.2, -0.15) is 0 Å². The Morgan fingerprint density at radius 2 is 2.00 bits per heavy atom. The zero-order valence-electron chi connectivity index (χ0n) is 13.4. The Morgan fingerprint density at radius 1 is 1.17 bits per heavy atom. The quantitative estimate of drug-likeness (QED) is 0.770. The van der Waals surface area contributed by atoms with E-state index in [0.29, 0.717) is 35.0 Å². The third kappa shape index (κ3) is 3.24. The number of methoxy groups -OCH3 is 1. The Labute approximate surface area is 139 Å². The van der Waals surface area contributed by atoms with Gasteiger partial charge in [-0.05, 0) is 31.2 Å². The molecule has 0 aliphatic rings. The predicted octanol–water partition coefficient (Wildman–Crippen LogP) is 2.84. The fourth-order valence-corrected chi connectivity index (χ4v) is 2.27. The van der Waals surface area contributed by atoms with Gasteiger partial charge < -0.3 is 10.1 Å². The van der Waals surface area contributed by atoms with E-state index in [0.717, 1.165) is 5.56 Å². The van der Waals surface area contributed by atoms with Crippen molar-refractivity contribution in [1.82, 2.24) is 20.3 Å². The van der Waals surface area contributed by atoms with E-state index in [2.05, 4.69) is 25.6 Å². The summed E-state index contributed by atoms with van der Waals surface area (Å²) >= 11 is 0. The van der Waals surface area contributed by atoms with E-state index in [4.69, 9.17) is 4.74 Å². The van der Waals surface area contributed by atoms with Crippen molar-refractivity contribution in [3.63, 3.8) is 0 Å². The number of rotatable bonds is 4. The van der Waals surface area contributed by atoms with Crippen LogP contribution in [0.25, 0.3) is 22.4 Å². The number of carbonyl (C=O) groups is 1. The lowest BCUT2D eigenvalue weighted by Crippen LogP contribution is -2.28. The summed E-state index contributed by atoms with van der Waals surface area (Å²) in [5.41, 5.74) is 2.59. The van der Waals surface area contributed by atoms with Crippen LogP contribution in [0.2, 0.25) is 0 Å². The number of hydrogen-bond acceptors (Lipinski definition) is 5. The molecule has 0 atom stereocenters. The Kier molecular flexibility index (Phi) is 4.51. The maximum absolute atomic E-state index is 11.6. The summed E-state index contributed by atoms with van der Waals surface area (Å²) in [6.45, 7) is 2.38. The second kappa shape index (κ2) is 6.91. The number of urea groups is 1. The average molecular weight is 323 g/mol. The number of amides is 2. The van der Waals surface area contributed by atoms with Crippen LogP contribution in [0.4, 0.5) is 10.6 Å². The zero-order valence-corrected chi connectivity index (χ0v) is 13.4. The molecular formula is C17H17N5O2. The molecule has 0 saturated heterocycles. The minimum Gasteiger partial charge on any atom is -0.496 e. The van der Waals surface area contributed by atoms with Gasteiger partial charge in [0.05, 0.1) is 19.0 Å². The molecule has 2 aromatic heterocycles. The SMILES string of the molecule is CCNC(=O)Nc1ccc2ncc(-c3ccccc3OC)nc2n1. The fraction of sp³-hybridized carbons (Fsp3) is 0.176. The number of benzene rings is 1. The minimum atomic E-state index is -0.307. The van der Waals surface area contributed by atoms with Crippen LogP contribution in [0.3, 0.4) is 0 Å². The van der Waals surface area contributed by atoms with Gasteiger partial charge in [0.1, 0.15) is 17.1 Å². The summed E-state index contributed by atoms with van der Waals surface area (Å²) in [6.07, 6.45) is 1.68. The molecule has 3 rings (SSSR count). The molecule has 7 heteroatoms. The summed E-state index contributed by atoms with van der Waals surface area (Å²) in [7, 11) is 1.61. The molecule has 7 nitrogen and oxygen atoms in total. The molecule has 0 fully saturated rings. The maximum atomic E-state index is 11.6. The van der Waals surface area contributed by atoms with Gasteiger partial charge in [0.2, 0.25) is 0 Å². The van der Waals surface area contributed by atoms with E-state index in [-0.39, 0.29) is 6.03 Å². The van der Waals surface area contributed by atoms with Crippen LogP contribution in [-0.4, -0.2) is 34.6 Å². The predicted molar refractivity (Wildman–Crippen MR) is 92.0 cm³/mol. The summed E-state index contributed by atoms with van der Waals surface area (Å²) < 4.78 is 5.36. The van der Waals surface area contributed by atoms with E-state index in [1.54, 1.807) is 25.4 Å². The summed E-state index contributed by atoms with van der Waals surface area (Å²) in [4.78, 5) is 24.9. The normalized spacial score (nSPS) is 10.4. The minimum absolute atomic E-state index is 0.307. The molecule has 0 bridgehead atoms. The van der Waals surface area contributed by atoms with Gasteiger partial charge in [0, 0.05) is 12.1 Å². The molecule has 2 heterocycles. The molecular weight excluding hydrogens is 306 g/mol. The number of hydrogen-bond donors (Lipinski definition) is 2. The van der Waals surface area contributed by atoms with Gasteiger partial charge in [-0.15, -0.1) is 0 Å². The first-order valence-corrected chi connectivity index (χ1v) is 7.53. The number of anilines is 1. The van der Waals surface area contributed by atoms with Gasteiger partial charge in [-0.3, -0.25) is 10.3 Å². The molecule has 0 aliphatic heterocycles. The summed E-state index contributed by atoms with van der Waals surface area (Å²) in [5.74, 6) is 1.13. The average Bonchev–Trinajstić information content (AvgIpc) is 2.61. The van der Waals surface area contributed by atoms with E-state index < -0.39 is 0 Å². The lowest BCUT2D eigenvalue weighted by molar-refractivity contribution is 0.252. The Hall–Kier alpha value is -3.22. The molecule has 0 aliphatic carbocycles. The highest BCUT2D eigenvalue weighted by Gasteiger charge is 2.10. The number of ether oxygens (including phenoxy) is 1. The highest BCUT2D eigenvalue weighted by atomic mass is 16.5. The van der Waals surface area contributed by atoms with Crippen molar-refractivity contribution in [2.45, 2.75) is 6.92 Å². The zero-order chi connectivity index (χ0) is 16.9. The van der Waals surface area contributed by atoms with Gasteiger partial charge in [0.15, 0.2) is 5.65 Å². The first kappa shape index (κ1) is 15.7. The molecule has 0 spiro atoms. The Bertz CT molecular complexity index is 882. The largest absolute Gasteiger partial charge is 0.496 e. The van der Waals surface area contributed by atoms with E-state index in [1.807, 2.05) is 31.2 Å². The molecule has 0 radical (unpaired) electrons. The third-order valence-corrected chi connectivity index (χ3v) is 3.37. The maximum Gasteiger partial charge on any atom is 0.320 e. The van der Waals surface area contributed by atoms with Crippen LogP contribution >= 0.6 is 0 Å².